The SMILES string of the molecule is CNN1CC1(C)CS(C)(=O)=O. The normalized spacial score (nSPS) is 37.2. The van der Waals surface area contributed by atoms with Gasteiger partial charge in [-0.25, -0.2) is 13.4 Å². The first kappa shape index (κ1) is 8.96. The van der Waals surface area contributed by atoms with Gasteiger partial charge >= 0.3 is 0 Å². The Labute approximate surface area is 67.5 Å². The molecule has 2 unspecified atom stereocenters. The number of hydrazine groups is 1. The van der Waals surface area contributed by atoms with E-state index in [9.17, 15) is 8.42 Å². The maximum atomic E-state index is 10.9. The lowest BCUT2D eigenvalue weighted by Gasteiger charge is -2.08. The van der Waals surface area contributed by atoms with E-state index in [4.69, 9.17) is 0 Å². The summed E-state index contributed by atoms with van der Waals surface area (Å²) in [5.41, 5.74) is 2.76. The average molecular weight is 178 g/mol. The highest BCUT2D eigenvalue weighted by Crippen LogP contribution is 2.29. The van der Waals surface area contributed by atoms with Crippen LogP contribution in [-0.4, -0.2) is 44.6 Å². The predicted molar refractivity (Wildman–Crippen MR) is 43.9 cm³/mol. The van der Waals surface area contributed by atoms with Gasteiger partial charge in [0, 0.05) is 12.8 Å². The van der Waals surface area contributed by atoms with Crippen molar-refractivity contribution >= 4 is 9.84 Å². The molecule has 66 valence electrons. The summed E-state index contributed by atoms with van der Waals surface area (Å²) in [4.78, 5) is 0. The molecule has 1 saturated heterocycles. The summed E-state index contributed by atoms with van der Waals surface area (Å²) in [6, 6.07) is 0. The van der Waals surface area contributed by atoms with Gasteiger partial charge in [0.2, 0.25) is 0 Å². The molecule has 5 heteroatoms. The van der Waals surface area contributed by atoms with Crippen molar-refractivity contribution in [3.63, 3.8) is 0 Å². The minimum atomic E-state index is -2.84. The van der Waals surface area contributed by atoms with Gasteiger partial charge in [0.05, 0.1) is 11.3 Å². The van der Waals surface area contributed by atoms with Gasteiger partial charge in [0.25, 0.3) is 0 Å². The van der Waals surface area contributed by atoms with Gasteiger partial charge in [0.15, 0.2) is 0 Å². The van der Waals surface area contributed by atoms with Crippen LogP contribution in [0.1, 0.15) is 6.92 Å². The van der Waals surface area contributed by atoms with E-state index in [1.165, 1.54) is 6.26 Å². The average Bonchev–Trinajstić information content (AvgIpc) is 2.36. The van der Waals surface area contributed by atoms with Crippen molar-refractivity contribution in [2.75, 3.05) is 25.6 Å². The molecule has 0 aromatic rings. The Bertz CT molecular complexity index is 249. The van der Waals surface area contributed by atoms with Crippen LogP contribution in [0.3, 0.4) is 0 Å². The first-order valence-electron chi connectivity index (χ1n) is 3.50. The molecule has 1 N–H and O–H groups in total. The van der Waals surface area contributed by atoms with Crippen LogP contribution in [-0.2, 0) is 9.84 Å². The largest absolute Gasteiger partial charge is 0.258 e. The van der Waals surface area contributed by atoms with Crippen LogP contribution in [0.25, 0.3) is 0 Å². The monoisotopic (exact) mass is 178 g/mol. The lowest BCUT2D eigenvalue weighted by molar-refractivity contribution is 0.367. The van der Waals surface area contributed by atoms with Gasteiger partial charge in [-0.2, -0.15) is 0 Å². The zero-order valence-corrected chi connectivity index (χ0v) is 7.90. The summed E-state index contributed by atoms with van der Waals surface area (Å²) >= 11 is 0. The zero-order valence-electron chi connectivity index (χ0n) is 7.09. The van der Waals surface area contributed by atoms with Crippen LogP contribution in [0.4, 0.5) is 0 Å². The summed E-state index contributed by atoms with van der Waals surface area (Å²) in [7, 11) is -1.04. The van der Waals surface area contributed by atoms with Crippen LogP contribution in [0.5, 0.6) is 0 Å². The Balaban J connectivity index is 2.53. The van der Waals surface area contributed by atoms with Gasteiger partial charge in [-0.15, -0.1) is 0 Å². The fraction of sp³-hybridized carbons (Fsp3) is 1.00. The lowest BCUT2D eigenvalue weighted by Crippen LogP contribution is -2.30. The van der Waals surface area contributed by atoms with E-state index in [-0.39, 0.29) is 11.3 Å². The van der Waals surface area contributed by atoms with Crippen molar-refractivity contribution in [2.45, 2.75) is 12.5 Å². The molecule has 2 atom stereocenters. The smallest absolute Gasteiger partial charge is 0.149 e. The minimum Gasteiger partial charge on any atom is -0.258 e. The quantitative estimate of drug-likeness (QED) is 0.577. The second-order valence-corrected chi connectivity index (χ2v) is 5.52. The van der Waals surface area contributed by atoms with Crippen molar-refractivity contribution in [3.05, 3.63) is 0 Å². The molecule has 0 bridgehead atoms. The molecule has 0 aromatic heterocycles. The van der Waals surface area contributed by atoms with E-state index in [0.717, 1.165) is 6.54 Å². The van der Waals surface area contributed by atoms with E-state index in [0.29, 0.717) is 0 Å². The van der Waals surface area contributed by atoms with Crippen molar-refractivity contribution in [1.82, 2.24) is 10.4 Å². The molecule has 11 heavy (non-hydrogen) atoms. The third-order valence-electron chi connectivity index (χ3n) is 1.89. The Morgan fingerprint density at radius 1 is 1.64 bits per heavy atom. The molecule has 0 amide bonds. The molecule has 1 aliphatic rings. The Hall–Kier alpha value is -0.130. The number of hydrogen-bond acceptors (Lipinski definition) is 4. The molecule has 0 saturated carbocycles. The molecule has 1 aliphatic heterocycles. The van der Waals surface area contributed by atoms with Crippen molar-refractivity contribution < 1.29 is 8.42 Å². The number of sulfone groups is 1. The predicted octanol–water partition coefficient (Wildman–Crippen LogP) is -0.760. The Morgan fingerprint density at radius 2 is 2.18 bits per heavy atom. The number of nitrogens with one attached hydrogen (secondary N) is 1. The molecule has 1 heterocycles. The van der Waals surface area contributed by atoms with E-state index in [1.807, 2.05) is 11.9 Å². The fourth-order valence-electron chi connectivity index (χ4n) is 1.34. The van der Waals surface area contributed by atoms with Gasteiger partial charge < -0.3 is 0 Å². The standard InChI is InChI=1S/C6H14N2O2S/c1-6(4-8(6)7-2)5-11(3,9)10/h7H,4-5H2,1-3H3. The van der Waals surface area contributed by atoms with E-state index in [1.54, 1.807) is 7.05 Å². The van der Waals surface area contributed by atoms with Crippen LogP contribution in [0, 0.1) is 0 Å². The molecule has 0 radical (unpaired) electrons. The van der Waals surface area contributed by atoms with Gasteiger partial charge in [-0.05, 0) is 14.0 Å². The second-order valence-electron chi connectivity index (χ2n) is 3.38. The van der Waals surface area contributed by atoms with Gasteiger partial charge in [0.1, 0.15) is 9.84 Å². The highest BCUT2D eigenvalue weighted by molar-refractivity contribution is 7.90. The third-order valence-corrected chi connectivity index (χ3v) is 3.04. The van der Waals surface area contributed by atoms with Gasteiger partial charge in [-0.1, -0.05) is 0 Å². The minimum absolute atomic E-state index is 0.164. The summed E-state index contributed by atoms with van der Waals surface area (Å²) in [6.07, 6.45) is 1.27. The molecule has 0 aliphatic carbocycles. The number of nitrogens with zero attached hydrogens (tertiary/aromatic N) is 1. The highest BCUT2D eigenvalue weighted by Gasteiger charge is 2.49. The van der Waals surface area contributed by atoms with Crippen molar-refractivity contribution in [1.29, 1.82) is 0 Å². The third kappa shape index (κ3) is 2.15. The Morgan fingerprint density at radius 3 is 2.45 bits per heavy atom. The van der Waals surface area contributed by atoms with Crippen LogP contribution in [0.2, 0.25) is 0 Å². The lowest BCUT2D eigenvalue weighted by atomic mass is 10.2. The second kappa shape index (κ2) is 2.43. The fourth-order valence-corrected chi connectivity index (χ4v) is 2.72. The first-order valence-corrected chi connectivity index (χ1v) is 5.56. The molecule has 0 spiro atoms. The van der Waals surface area contributed by atoms with E-state index < -0.39 is 9.84 Å². The maximum Gasteiger partial charge on any atom is 0.149 e. The molecule has 0 aromatic carbocycles. The molecule has 1 rings (SSSR count). The summed E-state index contributed by atoms with van der Waals surface area (Å²) < 4.78 is 21.8. The molecule has 4 nitrogen and oxygen atoms in total. The first-order chi connectivity index (χ1) is 4.87. The highest BCUT2D eigenvalue weighted by atomic mass is 32.2. The van der Waals surface area contributed by atoms with Crippen LogP contribution < -0.4 is 5.43 Å². The zero-order chi connectivity index (χ0) is 8.70. The van der Waals surface area contributed by atoms with Gasteiger partial charge in [-0.3, -0.25) is 5.43 Å². The Kier molecular flexibility index (Phi) is 1.98. The van der Waals surface area contributed by atoms with E-state index in [2.05, 4.69) is 5.43 Å². The van der Waals surface area contributed by atoms with Crippen LogP contribution in [0.15, 0.2) is 0 Å². The topological polar surface area (TPSA) is 49.2 Å². The van der Waals surface area contributed by atoms with Crippen LogP contribution >= 0.6 is 0 Å². The number of hydrogen-bond donors (Lipinski definition) is 1. The molecular weight excluding hydrogens is 164 g/mol. The molecule has 1 fully saturated rings. The molecular formula is C6H14N2O2S. The van der Waals surface area contributed by atoms with Crippen molar-refractivity contribution in [2.24, 2.45) is 0 Å². The number of rotatable bonds is 3. The summed E-state index contributed by atoms with van der Waals surface area (Å²) in [5.74, 6) is 0.237. The van der Waals surface area contributed by atoms with Crippen molar-refractivity contribution in [3.8, 4) is 0 Å². The van der Waals surface area contributed by atoms with E-state index >= 15 is 0 Å². The summed E-state index contributed by atoms with van der Waals surface area (Å²) in [6.45, 7) is 2.75. The summed E-state index contributed by atoms with van der Waals surface area (Å²) in [5, 5.41) is 1.91. The maximum absolute atomic E-state index is 10.9.